The molecule has 6 atom stereocenters. The Morgan fingerprint density at radius 2 is 1.59 bits per heavy atom. The van der Waals surface area contributed by atoms with E-state index in [-0.39, 0.29) is 22.6 Å². The number of esters is 1. The third kappa shape index (κ3) is 3.35. The average Bonchev–Trinajstić information content (AvgIpc) is 3.39. The quantitative estimate of drug-likeness (QED) is 0.408. The molecular weight excluding hydrogens is 455 g/mol. The molecule has 1 heterocycles. The fraction of sp³-hybridized carbons (Fsp3) is 0.391. The third-order valence-corrected chi connectivity index (χ3v) is 8.11. The molecule has 2 aromatic rings. The minimum Gasteiger partial charge on any atom is -0.454 e. The Morgan fingerprint density at radius 3 is 2.28 bits per heavy atom. The lowest BCUT2D eigenvalue weighted by molar-refractivity contribution is -0.154. The van der Waals surface area contributed by atoms with Crippen LogP contribution >= 0.6 is 23.2 Å². The number of amides is 3. The number of anilines is 1. The molecule has 1 N–H and O–H groups in total. The van der Waals surface area contributed by atoms with E-state index in [1.807, 2.05) is 36.4 Å². The summed E-state index contributed by atoms with van der Waals surface area (Å²) in [6.07, 6.45) is 0.655. The molecule has 1 saturated heterocycles. The van der Waals surface area contributed by atoms with Crippen molar-refractivity contribution in [3.05, 3.63) is 42.5 Å². The zero-order valence-electron chi connectivity index (χ0n) is 16.9. The number of hydrogen-bond acceptors (Lipinski definition) is 5. The van der Waals surface area contributed by atoms with Crippen molar-refractivity contribution in [2.75, 3.05) is 18.5 Å². The van der Waals surface area contributed by atoms with Crippen LogP contribution in [0.3, 0.4) is 0 Å². The minimum absolute atomic E-state index is 0.155. The number of rotatable bonds is 5. The predicted molar refractivity (Wildman–Crippen MR) is 118 cm³/mol. The first-order valence-electron chi connectivity index (χ1n) is 10.4. The lowest BCUT2D eigenvalue weighted by atomic mass is 9.80. The molecule has 5 rings (SSSR count). The number of nitrogens with zero attached hydrogens (tertiary/aromatic N) is 1. The van der Waals surface area contributed by atoms with Crippen LogP contribution in [0.25, 0.3) is 10.8 Å². The van der Waals surface area contributed by atoms with E-state index in [1.54, 1.807) is 6.07 Å². The van der Waals surface area contributed by atoms with E-state index >= 15 is 0 Å². The van der Waals surface area contributed by atoms with Gasteiger partial charge >= 0.3 is 5.97 Å². The Kier molecular flexibility index (Phi) is 5.34. The molecule has 0 radical (unpaired) electrons. The van der Waals surface area contributed by atoms with E-state index in [0.29, 0.717) is 12.1 Å². The van der Waals surface area contributed by atoms with Gasteiger partial charge in [0.05, 0.1) is 22.6 Å². The second-order valence-electron chi connectivity index (χ2n) is 8.50. The molecule has 3 aliphatic rings. The first kappa shape index (κ1) is 21.2. The lowest BCUT2D eigenvalue weighted by Gasteiger charge is -2.28. The molecule has 0 unspecified atom stereocenters. The van der Waals surface area contributed by atoms with Crippen LogP contribution in [0.4, 0.5) is 5.69 Å². The molecule has 0 aromatic heterocycles. The number of fused-ring (bicyclic) bond motifs is 6. The van der Waals surface area contributed by atoms with Crippen molar-refractivity contribution in [3.8, 4) is 0 Å². The number of nitrogens with one attached hydrogen (secondary N) is 1. The zero-order chi connectivity index (χ0) is 22.6. The largest absolute Gasteiger partial charge is 0.454 e. The Morgan fingerprint density at radius 1 is 0.969 bits per heavy atom. The number of halogens is 2. The molecule has 1 aliphatic heterocycles. The molecule has 2 aromatic carbocycles. The second-order valence-corrected chi connectivity index (χ2v) is 9.51. The standard InChI is InChI=1S/C23H20Cl2N2O5/c24-20-13-8-14(21(20)25)19-18(13)22(30)27(23(19)31)9-17(29)32-10-16(28)26-15-7-3-5-11-4-1-2-6-12(11)15/h1-7,13-14,18-21H,8-10H2,(H,26,28)/t13-,14-,18-,19-,20+,21+/m1/s1. The summed E-state index contributed by atoms with van der Waals surface area (Å²) in [6, 6.07) is 13.1. The summed E-state index contributed by atoms with van der Waals surface area (Å²) >= 11 is 12.7. The van der Waals surface area contributed by atoms with Gasteiger partial charge < -0.3 is 10.1 Å². The Labute approximate surface area is 194 Å². The third-order valence-electron chi connectivity index (χ3n) is 6.79. The Bertz CT molecular complexity index is 1100. The number of likely N-dealkylation sites (tertiary alicyclic amines) is 1. The monoisotopic (exact) mass is 474 g/mol. The average molecular weight is 475 g/mol. The maximum absolute atomic E-state index is 12.8. The van der Waals surface area contributed by atoms with Crippen molar-refractivity contribution in [1.29, 1.82) is 0 Å². The van der Waals surface area contributed by atoms with Crippen LogP contribution in [-0.4, -0.2) is 52.5 Å². The SMILES string of the molecule is O=C(COC(=O)CN1C(=O)[C@@H]2[C@H]3C[C@@H]([C@H](Cl)[C@H]3Cl)[C@H]2C1=O)Nc1cccc2ccccc12. The van der Waals surface area contributed by atoms with Crippen LogP contribution in [0.1, 0.15) is 6.42 Å². The van der Waals surface area contributed by atoms with E-state index in [2.05, 4.69) is 5.32 Å². The molecule has 3 fully saturated rings. The van der Waals surface area contributed by atoms with E-state index in [0.717, 1.165) is 15.7 Å². The molecular formula is C23H20Cl2N2O5. The Hall–Kier alpha value is -2.64. The molecule has 0 spiro atoms. The summed E-state index contributed by atoms with van der Waals surface area (Å²) in [5.41, 5.74) is 0.601. The van der Waals surface area contributed by atoms with Crippen LogP contribution in [0.5, 0.6) is 0 Å². The van der Waals surface area contributed by atoms with Gasteiger partial charge in [0.15, 0.2) is 6.61 Å². The van der Waals surface area contributed by atoms with Crippen LogP contribution in [0.15, 0.2) is 42.5 Å². The van der Waals surface area contributed by atoms with E-state index in [4.69, 9.17) is 27.9 Å². The van der Waals surface area contributed by atoms with Gasteiger partial charge in [-0.3, -0.25) is 24.1 Å². The zero-order valence-corrected chi connectivity index (χ0v) is 18.4. The van der Waals surface area contributed by atoms with Crippen molar-refractivity contribution in [2.24, 2.45) is 23.7 Å². The van der Waals surface area contributed by atoms with Crippen LogP contribution < -0.4 is 5.32 Å². The van der Waals surface area contributed by atoms with Gasteiger partial charge in [-0.2, -0.15) is 0 Å². The summed E-state index contributed by atoms with van der Waals surface area (Å²) in [5, 5.41) is 3.83. The maximum atomic E-state index is 12.8. The van der Waals surface area contributed by atoms with Crippen molar-refractivity contribution in [2.45, 2.75) is 17.2 Å². The fourth-order valence-electron chi connectivity index (χ4n) is 5.41. The molecule has 166 valence electrons. The topological polar surface area (TPSA) is 92.8 Å². The smallest absolute Gasteiger partial charge is 0.326 e. The van der Waals surface area contributed by atoms with Crippen molar-refractivity contribution in [3.63, 3.8) is 0 Å². The molecule has 7 nitrogen and oxygen atoms in total. The highest BCUT2D eigenvalue weighted by molar-refractivity contribution is 6.31. The van der Waals surface area contributed by atoms with Gasteiger partial charge in [-0.05, 0) is 29.7 Å². The van der Waals surface area contributed by atoms with Gasteiger partial charge in [-0.25, -0.2) is 0 Å². The molecule has 2 bridgehead atoms. The van der Waals surface area contributed by atoms with Crippen LogP contribution in [0.2, 0.25) is 0 Å². The van der Waals surface area contributed by atoms with Crippen molar-refractivity contribution < 1.29 is 23.9 Å². The molecule has 2 aliphatic carbocycles. The van der Waals surface area contributed by atoms with Crippen molar-refractivity contribution >= 4 is 63.4 Å². The van der Waals surface area contributed by atoms with Gasteiger partial charge in [-0.1, -0.05) is 36.4 Å². The fourth-order valence-corrected chi connectivity index (χ4v) is 6.30. The number of carbonyl (C=O) groups is 4. The normalized spacial score (nSPS) is 30.6. The van der Waals surface area contributed by atoms with Gasteiger partial charge in [0.25, 0.3) is 5.91 Å². The molecule has 32 heavy (non-hydrogen) atoms. The van der Waals surface area contributed by atoms with Gasteiger partial charge in [0.2, 0.25) is 11.8 Å². The van der Waals surface area contributed by atoms with Gasteiger partial charge in [0, 0.05) is 11.1 Å². The highest BCUT2D eigenvalue weighted by Crippen LogP contribution is 2.59. The number of alkyl halides is 2. The number of imide groups is 1. The minimum atomic E-state index is -0.822. The first-order valence-corrected chi connectivity index (χ1v) is 11.3. The second kappa shape index (κ2) is 8.05. The predicted octanol–water partition coefficient (Wildman–Crippen LogP) is 2.79. The molecule has 9 heteroatoms. The number of hydrogen-bond donors (Lipinski definition) is 1. The summed E-state index contributed by atoms with van der Waals surface area (Å²) in [7, 11) is 0. The highest BCUT2D eigenvalue weighted by atomic mass is 35.5. The summed E-state index contributed by atoms with van der Waals surface area (Å²) in [4.78, 5) is 51.1. The highest BCUT2D eigenvalue weighted by Gasteiger charge is 2.66. The molecule has 2 saturated carbocycles. The van der Waals surface area contributed by atoms with E-state index < -0.39 is 48.7 Å². The summed E-state index contributed by atoms with van der Waals surface area (Å²) in [5.74, 6) is -3.50. The Balaban J connectivity index is 1.18. The number of ether oxygens (including phenoxy) is 1. The van der Waals surface area contributed by atoms with Crippen molar-refractivity contribution in [1.82, 2.24) is 4.90 Å². The number of carbonyl (C=O) groups excluding carboxylic acids is 4. The van der Waals surface area contributed by atoms with E-state index in [9.17, 15) is 19.2 Å². The molecule has 3 amide bonds. The van der Waals surface area contributed by atoms with E-state index in [1.165, 1.54) is 0 Å². The van der Waals surface area contributed by atoms with Crippen LogP contribution in [0, 0.1) is 23.7 Å². The lowest BCUT2D eigenvalue weighted by Crippen LogP contribution is -2.38. The van der Waals surface area contributed by atoms with Gasteiger partial charge in [0.1, 0.15) is 6.54 Å². The maximum Gasteiger partial charge on any atom is 0.326 e. The van der Waals surface area contributed by atoms with Gasteiger partial charge in [-0.15, -0.1) is 23.2 Å². The van der Waals surface area contributed by atoms with Crippen LogP contribution in [-0.2, 0) is 23.9 Å². The summed E-state index contributed by atoms with van der Waals surface area (Å²) in [6.45, 7) is -1.05. The summed E-state index contributed by atoms with van der Waals surface area (Å²) < 4.78 is 5.03. The number of benzene rings is 2. The first-order chi connectivity index (χ1) is 15.4.